The maximum atomic E-state index is 13.4. The van der Waals surface area contributed by atoms with Gasteiger partial charge in [0.25, 0.3) is 11.5 Å². The lowest BCUT2D eigenvalue weighted by molar-refractivity contribution is -0.118. The van der Waals surface area contributed by atoms with E-state index < -0.39 is 5.91 Å². The second-order valence-corrected chi connectivity index (χ2v) is 8.65. The summed E-state index contributed by atoms with van der Waals surface area (Å²) in [5, 5.41) is 5.20. The number of anilines is 1. The molecule has 0 aliphatic carbocycles. The molecule has 35 heavy (non-hydrogen) atoms. The Morgan fingerprint density at radius 2 is 1.86 bits per heavy atom. The van der Waals surface area contributed by atoms with Crippen molar-refractivity contribution in [2.75, 3.05) is 11.9 Å². The minimum atomic E-state index is -0.499. The Hall–Kier alpha value is -4.31. The number of nitrogens with one attached hydrogen (secondary N) is 1. The largest absolute Gasteiger partial charge is 0.467 e. The number of carbonyl (C=O) groups is 1. The molecule has 0 radical (unpaired) electrons. The normalized spacial score (nSPS) is 11.1. The van der Waals surface area contributed by atoms with E-state index in [0.29, 0.717) is 21.6 Å². The molecule has 0 saturated carbocycles. The third-order valence-corrected chi connectivity index (χ3v) is 6.54. The molecule has 0 atom stereocenters. The Balaban J connectivity index is 1.38. The van der Waals surface area contributed by atoms with Gasteiger partial charge >= 0.3 is 0 Å². The third-order valence-electron chi connectivity index (χ3n) is 5.65. The number of carbonyl (C=O) groups excluding carboxylic acids is 1. The van der Waals surface area contributed by atoms with Crippen LogP contribution in [-0.4, -0.2) is 31.8 Å². The summed E-state index contributed by atoms with van der Waals surface area (Å²) in [6, 6.07) is 15.2. The zero-order chi connectivity index (χ0) is 24.5. The summed E-state index contributed by atoms with van der Waals surface area (Å²) in [5.74, 6) is -0.598. The average molecular weight is 490 g/mol. The van der Waals surface area contributed by atoms with E-state index in [4.69, 9.17) is 4.74 Å². The van der Waals surface area contributed by atoms with Crippen LogP contribution in [0, 0.1) is 12.7 Å². The van der Waals surface area contributed by atoms with Crippen LogP contribution in [0.4, 0.5) is 10.1 Å². The summed E-state index contributed by atoms with van der Waals surface area (Å²) in [7, 11) is 1.75. The monoisotopic (exact) mass is 489 g/mol. The predicted molar refractivity (Wildman–Crippen MR) is 133 cm³/mol. The van der Waals surface area contributed by atoms with E-state index in [9.17, 15) is 14.0 Å². The van der Waals surface area contributed by atoms with Gasteiger partial charge in [-0.25, -0.2) is 19.0 Å². The fourth-order valence-electron chi connectivity index (χ4n) is 3.82. The first-order valence-electron chi connectivity index (χ1n) is 10.7. The molecule has 0 aliphatic rings. The number of nitrogens with zero attached hydrogens (tertiary/aromatic N) is 4. The van der Waals surface area contributed by atoms with E-state index in [-0.39, 0.29) is 29.6 Å². The summed E-state index contributed by atoms with van der Waals surface area (Å²) in [6.07, 6.45) is 1.36. The molecule has 5 rings (SSSR count). The van der Waals surface area contributed by atoms with Gasteiger partial charge in [0.05, 0.1) is 16.8 Å². The smallest absolute Gasteiger partial charge is 0.295 e. The molecule has 10 heteroatoms. The molecule has 0 unspecified atom stereocenters. The van der Waals surface area contributed by atoms with Gasteiger partial charge in [0.2, 0.25) is 5.88 Å². The minimum absolute atomic E-state index is 0.181. The number of amides is 1. The van der Waals surface area contributed by atoms with Crippen LogP contribution >= 0.6 is 11.3 Å². The maximum Gasteiger partial charge on any atom is 0.295 e. The molecule has 0 spiro atoms. The fraction of sp³-hybridized carbons (Fsp3) is 0.120. The molecule has 8 nitrogen and oxygen atoms in total. The number of rotatable bonds is 6. The molecule has 5 aromatic rings. The summed E-state index contributed by atoms with van der Waals surface area (Å²) in [6.45, 7) is 1.40. The van der Waals surface area contributed by atoms with Gasteiger partial charge in [0, 0.05) is 18.0 Å². The highest BCUT2D eigenvalue weighted by Gasteiger charge is 2.20. The number of benzene rings is 2. The fourth-order valence-corrected chi connectivity index (χ4v) is 4.73. The molecular formula is C25H20FN5O3S. The van der Waals surface area contributed by atoms with Crippen molar-refractivity contribution in [2.24, 2.45) is 7.05 Å². The van der Waals surface area contributed by atoms with E-state index in [1.54, 1.807) is 30.8 Å². The van der Waals surface area contributed by atoms with Gasteiger partial charge in [-0.3, -0.25) is 14.3 Å². The van der Waals surface area contributed by atoms with Gasteiger partial charge in [0.15, 0.2) is 6.61 Å². The van der Waals surface area contributed by atoms with Crippen molar-refractivity contribution < 1.29 is 13.9 Å². The zero-order valence-corrected chi connectivity index (χ0v) is 19.7. The van der Waals surface area contributed by atoms with Gasteiger partial charge in [-0.2, -0.15) is 0 Å². The van der Waals surface area contributed by atoms with E-state index in [1.807, 2.05) is 35.7 Å². The first-order chi connectivity index (χ1) is 16.9. The standard InChI is InChI=1S/C25H20FN5O3S/c1-15-22(25(33)31(30(15)2)18-6-4-3-5-7-18)29-20(32)12-34-23-21-19(13-35-24(21)28-14-27-23)16-8-10-17(26)11-9-16/h3-11,13-14H,12H2,1-2H3,(H,29,32). The van der Waals surface area contributed by atoms with Gasteiger partial charge in [-0.05, 0) is 36.8 Å². The number of hydrogen-bond acceptors (Lipinski definition) is 6. The third kappa shape index (κ3) is 4.19. The Bertz CT molecular complexity index is 1590. The van der Waals surface area contributed by atoms with Crippen LogP contribution in [0.15, 0.2) is 71.1 Å². The number of ether oxygens (including phenoxy) is 1. The van der Waals surface area contributed by atoms with E-state index in [1.165, 1.54) is 34.5 Å². The average Bonchev–Trinajstić information content (AvgIpc) is 3.39. The first kappa shape index (κ1) is 22.5. The van der Waals surface area contributed by atoms with Gasteiger partial charge in [-0.15, -0.1) is 11.3 Å². The van der Waals surface area contributed by atoms with Crippen molar-refractivity contribution in [2.45, 2.75) is 6.92 Å². The number of hydrogen-bond donors (Lipinski definition) is 1. The molecule has 0 bridgehead atoms. The van der Waals surface area contributed by atoms with Crippen molar-refractivity contribution in [3.8, 4) is 22.7 Å². The maximum absolute atomic E-state index is 13.4. The van der Waals surface area contributed by atoms with Crippen molar-refractivity contribution in [1.29, 1.82) is 0 Å². The molecule has 1 N–H and O–H groups in total. The molecule has 3 aromatic heterocycles. The van der Waals surface area contributed by atoms with Crippen LogP contribution in [0.1, 0.15) is 5.69 Å². The Morgan fingerprint density at radius 1 is 1.11 bits per heavy atom. The number of para-hydroxylation sites is 1. The number of aromatic nitrogens is 4. The van der Waals surface area contributed by atoms with Crippen molar-refractivity contribution in [1.82, 2.24) is 19.3 Å². The van der Waals surface area contributed by atoms with Crippen molar-refractivity contribution >= 4 is 33.1 Å². The Labute approximate surface area is 203 Å². The number of fused-ring (bicyclic) bond motifs is 1. The van der Waals surface area contributed by atoms with E-state index >= 15 is 0 Å². The topological polar surface area (TPSA) is 91.0 Å². The van der Waals surface area contributed by atoms with Crippen LogP contribution in [-0.2, 0) is 11.8 Å². The minimum Gasteiger partial charge on any atom is -0.467 e. The summed E-state index contributed by atoms with van der Waals surface area (Å²) < 4.78 is 22.3. The molecule has 0 fully saturated rings. The Morgan fingerprint density at radius 3 is 2.60 bits per heavy atom. The van der Waals surface area contributed by atoms with Crippen molar-refractivity contribution in [3.63, 3.8) is 0 Å². The second-order valence-electron chi connectivity index (χ2n) is 7.79. The molecule has 0 saturated heterocycles. The van der Waals surface area contributed by atoms with Crippen LogP contribution < -0.4 is 15.6 Å². The number of halogens is 1. The predicted octanol–water partition coefficient (Wildman–Crippen LogP) is 4.31. The summed E-state index contributed by atoms with van der Waals surface area (Å²) in [5.41, 5.74) is 2.70. The lowest BCUT2D eigenvalue weighted by atomic mass is 10.1. The van der Waals surface area contributed by atoms with Gasteiger partial charge in [0.1, 0.15) is 22.7 Å². The Kier molecular flexibility index (Phi) is 5.87. The lowest BCUT2D eigenvalue weighted by Gasteiger charge is -2.08. The highest BCUT2D eigenvalue weighted by atomic mass is 32.1. The highest BCUT2D eigenvalue weighted by Crippen LogP contribution is 2.37. The van der Waals surface area contributed by atoms with Crippen LogP contribution in [0.2, 0.25) is 0 Å². The van der Waals surface area contributed by atoms with E-state index in [2.05, 4.69) is 15.3 Å². The SMILES string of the molecule is Cc1c(NC(=O)COc2ncnc3scc(-c4ccc(F)cc4)c23)c(=O)n(-c2ccccc2)n1C. The summed E-state index contributed by atoms with van der Waals surface area (Å²) in [4.78, 5) is 34.9. The van der Waals surface area contributed by atoms with Gasteiger partial charge < -0.3 is 10.1 Å². The number of thiophene rings is 1. The van der Waals surface area contributed by atoms with Crippen molar-refractivity contribution in [3.05, 3.63) is 88.2 Å². The molecule has 176 valence electrons. The highest BCUT2D eigenvalue weighted by molar-refractivity contribution is 7.17. The van der Waals surface area contributed by atoms with Gasteiger partial charge in [-0.1, -0.05) is 30.3 Å². The molecule has 2 aromatic carbocycles. The molecular weight excluding hydrogens is 469 g/mol. The zero-order valence-electron chi connectivity index (χ0n) is 18.9. The van der Waals surface area contributed by atoms with Crippen LogP contribution in [0.25, 0.3) is 27.0 Å². The molecule has 3 heterocycles. The second kappa shape index (κ2) is 9.15. The molecule has 0 aliphatic heterocycles. The quantitative estimate of drug-likeness (QED) is 0.384. The summed E-state index contributed by atoms with van der Waals surface area (Å²) >= 11 is 1.40. The lowest BCUT2D eigenvalue weighted by Crippen LogP contribution is -2.26. The van der Waals surface area contributed by atoms with Crippen LogP contribution in [0.5, 0.6) is 5.88 Å². The van der Waals surface area contributed by atoms with E-state index in [0.717, 1.165) is 11.1 Å². The van der Waals surface area contributed by atoms with Crippen LogP contribution in [0.3, 0.4) is 0 Å². The molecule has 1 amide bonds. The first-order valence-corrected chi connectivity index (χ1v) is 11.6.